The van der Waals surface area contributed by atoms with E-state index in [0.29, 0.717) is 10.6 Å². The van der Waals surface area contributed by atoms with Crippen molar-refractivity contribution in [2.24, 2.45) is 0 Å². The maximum atomic E-state index is 13.0. The summed E-state index contributed by atoms with van der Waals surface area (Å²) in [5, 5.41) is 3.03. The second-order valence-corrected chi connectivity index (χ2v) is 7.25. The number of carbonyl (C=O) groups is 2. The molecule has 0 atom stereocenters. The molecule has 0 fully saturated rings. The molecular weight excluding hydrogens is 454 g/mol. The summed E-state index contributed by atoms with van der Waals surface area (Å²) in [6.45, 7) is 0. The lowest BCUT2D eigenvalue weighted by atomic mass is 9.99. The van der Waals surface area contributed by atoms with Crippen molar-refractivity contribution in [3.63, 3.8) is 0 Å². The number of amides is 1. The van der Waals surface area contributed by atoms with Crippen molar-refractivity contribution in [1.82, 2.24) is 0 Å². The predicted octanol–water partition coefficient (Wildman–Crippen LogP) is 6.72. The highest BCUT2D eigenvalue weighted by atomic mass is 35.5. The molecule has 160 valence electrons. The molecule has 0 aliphatic rings. The second kappa shape index (κ2) is 8.99. The number of esters is 1. The minimum absolute atomic E-state index is 0.0316. The molecule has 0 unspecified atom stereocenters. The number of hydrogen-bond acceptors (Lipinski definition) is 3. The Balaban J connectivity index is 1.99. The first-order chi connectivity index (χ1) is 14.6. The molecule has 1 amide bonds. The van der Waals surface area contributed by atoms with Crippen molar-refractivity contribution in [2.75, 3.05) is 12.4 Å². The van der Waals surface area contributed by atoms with Gasteiger partial charge in [-0.1, -0.05) is 41.4 Å². The van der Waals surface area contributed by atoms with E-state index in [4.69, 9.17) is 27.9 Å². The maximum Gasteiger partial charge on any atom is 0.416 e. The number of nitrogens with one attached hydrogen (secondary N) is 1. The van der Waals surface area contributed by atoms with Crippen LogP contribution < -0.4 is 5.32 Å². The monoisotopic (exact) mass is 467 g/mol. The van der Waals surface area contributed by atoms with Gasteiger partial charge in [-0.25, -0.2) is 4.79 Å². The normalized spacial score (nSPS) is 11.2. The van der Waals surface area contributed by atoms with Gasteiger partial charge in [-0.2, -0.15) is 13.2 Å². The molecule has 9 heteroatoms. The lowest BCUT2D eigenvalue weighted by Gasteiger charge is -2.14. The highest BCUT2D eigenvalue weighted by molar-refractivity contribution is 6.37. The van der Waals surface area contributed by atoms with Crippen LogP contribution in [-0.2, 0) is 10.9 Å². The van der Waals surface area contributed by atoms with Gasteiger partial charge in [0.1, 0.15) is 0 Å². The summed E-state index contributed by atoms with van der Waals surface area (Å²) >= 11 is 11.9. The smallest absolute Gasteiger partial charge is 0.416 e. The van der Waals surface area contributed by atoms with Crippen molar-refractivity contribution >= 4 is 40.8 Å². The van der Waals surface area contributed by atoms with E-state index in [1.54, 1.807) is 0 Å². The van der Waals surface area contributed by atoms with Crippen LogP contribution in [0.15, 0.2) is 60.7 Å². The van der Waals surface area contributed by atoms with E-state index in [1.807, 2.05) is 0 Å². The van der Waals surface area contributed by atoms with Gasteiger partial charge in [0, 0.05) is 5.02 Å². The van der Waals surface area contributed by atoms with Gasteiger partial charge in [-0.15, -0.1) is 0 Å². The van der Waals surface area contributed by atoms with E-state index in [1.165, 1.54) is 48.5 Å². The van der Waals surface area contributed by atoms with Crippen molar-refractivity contribution in [3.05, 3.63) is 87.4 Å². The number of methoxy groups -OCH3 is 1. The van der Waals surface area contributed by atoms with Gasteiger partial charge in [0.2, 0.25) is 0 Å². The summed E-state index contributed by atoms with van der Waals surface area (Å²) in [6, 6.07) is 13.2. The van der Waals surface area contributed by atoms with Crippen LogP contribution in [0.3, 0.4) is 0 Å². The Bertz CT molecular complexity index is 1160. The van der Waals surface area contributed by atoms with E-state index in [-0.39, 0.29) is 27.4 Å². The minimum atomic E-state index is -4.51. The first-order valence-electron chi connectivity index (χ1n) is 8.76. The van der Waals surface area contributed by atoms with Crippen LogP contribution in [-0.4, -0.2) is 19.0 Å². The minimum Gasteiger partial charge on any atom is -0.465 e. The molecule has 0 bridgehead atoms. The maximum absolute atomic E-state index is 13.0. The SMILES string of the molecule is COC(=O)c1cc(-c2cccc(C(F)(F)F)c2)ccc1NC(=O)c1ccc(Cl)cc1Cl. The molecule has 1 N–H and O–H groups in total. The van der Waals surface area contributed by atoms with Gasteiger partial charge in [0.05, 0.1) is 34.5 Å². The second-order valence-electron chi connectivity index (χ2n) is 6.41. The van der Waals surface area contributed by atoms with Gasteiger partial charge in [-0.3, -0.25) is 4.79 Å². The molecule has 0 saturated carbocycles. The lowest BCUT2D eigenvalue weighted by molar-refractivity contribution is -0.137. The molecule has 0 aromatic heterocycles. The van der Waals surface area contributed by atoms with E-state index in [2.05, 4.69) is 5.32 Å². The number of alkyl halides is 3. The number of benzene rings is 3. The molecule has 3 aromatic carbocycles. The Morgan fingerprint density at radius 2 is 1.61 bits per heavy atom. The number of hydrogen-bond donors (Lipinski definition) is 1. The van der Waals surface area contributed by atoms with Crippen LogP contribution in [0.1, 0.15) is 26.3 Å². The van der Waals surface area contributed by atoms with Crippen LogP contribution in [0.2, 0.25) is 10.0 Å². The highest BCUT2D eigenvalue weighted by Crippen LogP contribution is 2.33. The molecule has 31 heavy (non-hydrogen) atoms. The zero-order chi connectivity index (χ0) is 22.8. The molecule has 0 aliphatic heterocycles. The average Bonchev–Trinajstić information content (AvgIpc) is 2.72. The van der Waals surface area contributed by atoms with Crippen LogP contribution in [0.4, 0.5) is 18.9 Å². The molecule has 3 aromatic rings. The zero-order valence-electron chi connectivity index (χ0n) is 15.9. The quantitative estimate of drug-likeness (QED) is 0.433. The fourth-order valence-electron chi connectivity index (χ4n) is 2.85. The van der Waals surface area contributed by atoms with E-state index >= 15 is 0 Å². The van der Waals surface area contributed by atoms with Crippen LogP contribution in [0.25, 0.3) is 11.1 Å². The molecule has 4 nitrogen and oxygen atoms in total. The third-order valence-corrected chi connectivity index (χ3v) is 4.92. The summed E-state index contributed by atoms with van der Waals surface area (Å²) in [4.78, 5) is 24.9. The average molecular weight is 468 g/mol. The topological polar surface area (TPSA) is 55.4 Å². The third kappa shape index (κ3) is 5.18. The lowest BCUT2D eigenvalue weighted by Crippen LogP contribution is -2.16. The standard InChI is InChI=1S/C22H14Cl2F3NO3/c1-31-21(30)17-10-13(12-3-2-4-14(9-12)22(25,26)27)5-8-19(17)28-20(29)16-7-6-15(23)11-18(16)24/h2-11H,1H3,(H,28,29). The highest BCUT2D eigenvalue weighted by Gasteiger charge is 2.30. The summed E-state index contributed by atoms with van der Waals surface area (Å²) in [7, 11) is 1.15. The number of halogens is 5. The van der Waals surface area contributed by atoms with Gasteiger partial charge >= 0.3 is 12.1 Å². The third-order valence-electron chi connectivity index (χ3n) is 4.37. The van der Waals surface area contributed by atoms with Gasteiger partial charge in [-0.05, 0) is 53.6 Å². The van der Waals surface area contributed by atoms with Gasteiger partial charge in [0.25, 0.3) is 5.91 Å². The summed E-state index contributed by atoms with van der Waals surface area (Å²) < 4.78 is 43.9. The fraction of sp³-hybridized carbons (Fsp3) is 0.0909. The zero-order valence-corrected chi connectivity index (χ0v) is 17.4. The largest absolute Gasteiger partial charge is 0.465 e. The molecule has 0 aliphatic carbocycles. The molecular formula is C22H14Cl2F3NO3. The Hall–Kier alpha value is -3.03. The Labute approximate surface area is 185 Å². The number of anilines is 1. The molecule has 0 saturated heterocycles. The Morgan fingerprint density at radius 3 is 2.26 bits per heavy atom. The summed E-state index contributed by atoms with van der Waals surface area (Å²) in [5.74, 6) is -1.37. The van der Waals surface area contributed by atoms with Crippen LogP contribution in [0, 0.1) is 0 Å². The predicted molar refractivity (Wildman–Crippen MR) is 113 cm³/mol. The first-order valence-corrected chi connectivity index (χ1v) is 9.52. The molecule has 0 heterocycles. The first kappa shape index (κ1) is 22.7. The Morgan fingerprint density at radius 1 is 0.903 bits per heavy atom. The van der Waals surface area contributed by atoms with Gasteiger partial charge in [0.15, 0.2) is 0 Å². The Kier molecular flexibility index (Phi) is 6.57. The fourth-order valence-corrected chi connectivity index (χ4v) is 3.34. The summed E-state index contributed by atoms with van der Waals surface area (Å²) in [5.41, 5.74) is -0.0229. The number of carbonyl (C=O) groups excluding carboxylic acids is 2. The van der Waals surface area contributed by atoms with Crippen molar-refractivity contribution in [2.45, 2.75) is 6.18 Å². The number of ether oxygens (including phenoxy) is 1. The van der Waals surface area contributed by atoms with Crippen LogP contribution in [0.5, 0.6) is 0 Å². The number of rotatable bonds is 4. The van der Waals surface area contributed by atoms with Crippen molar-refractivity contribution < 1.29 is 27.5 Å². The van der Waals surface area contributed by atoms with E-state index < -0.39 is 23.6 Å². The molecule has 0 spiro atoms. The molecule has 0 radical (unpaired) electrons. The van der Waals surface area contributed by atoms with E-state index in [9.17, 15) is 22.8 Å². The van der Waals surface area contributed by atoms with Crippen molar-refractivity contribution in [1.29, 1.82) is 0 Å². The molecule has 3 rings (SSSR count). The van der Waals surface area contributed by atoms with Gasteiger partial charge < -0.3 is 10.1 Å². The van der Waals surface area contributed by atoms with E-state index in [0.717, 1.165) is 19.2 Å². The van der Waals surface area contributed by atoms with Crippen molar-refractivity contribution in [3.8, 4) is 11.1 Å². The summed E-state index contributed by atoms with van der Waals surface area (Å²) in [6.07, 6.45) is -4.51. The van der Waals surface area contributed by atoms with Crippen LogP contribution >= 0.6 is 23.2 Å².